The molecule has 0 aliphatic carbocycles. The number of carbonyl (C=O) groups excluding carboxylic acids is 1. The van der Waals surface area contributed by atoms with Crippen LogP contribution in [0.4, 0.5) is 5.13 Å². The standard InChI is InChI=1S/C18H23N3O4S/c1-23-13-8-12(9-14(24-2)16(13)25-3)17(22)21-18-20-10-15(26-18)11-4-6-19-7-5-11/h8-11,19H,4-7H2,1-3H3,(H,20,21,22). The van der Waals surface area contributed by atoms with Crippen molar-refractivity contribution in [2.75, 3.05) is 39.7 Å². The number of methoxy groups -OCH3 is 3. The summed E-state index contributed by atoms with van der Waals surface area (Å²) in [7, 11) is 4.56. The Balaban J connectivity index is 1.76. The predicted octanol–water partition coefficient (Wildman–Crippen LogP) is 2.89. The zero-order chi connectivity index (χ0) is 18.5. The van der Waals surface area contributed by atoms with Gasteiger partial charge in [-0.25, -0.2) is 4.98 Å². The van der Waals surface area contributed by atoms with Gasteiger partial charge in [-0.15, -0.1) is 11.3 Å². The molecule has 7 nitrogen and oxygen atoms in total. The topological polar surface area (TPSA) is 81.7 Å². The minimum absolute atomic E-state index is 0.268. The Morgan fingerprint density at radius 3 is 2.38 bits per heavy atom. The first-order chi connectivity index (χ1) is 12.7. The van der Waals surface area contributed by atoms with Crippen LogP contribution >= 0.6 is 11.3 Å². The van der Waals surface area contributed by atoms with Gasteiger partial charge < -0.3 is 19.5 Å². The molecular formula is C18H23N3O4S. The zero-order valence-corrected chi connectivity index (χ0v) is 15.9. The minimum Gasteiger partial charge on any atom is -0.493 e. The fraction of sp³-hybridized carbons (Fsp3) is 0.444. The van der Waals surface area contributed by atoms with E-state index in [-0.39, 0.29) is 5.91 Å². The van der Waals surface area contributed by atoms with E-state index in [4.69, 9.17) is 14.2 Å². The SMILES string of the molecule is COc1cc(C(=O)Nc2ncc(C3CCNCC3)s2)cc(OC)c1OC. The summed E-state index contributed by atoms with van der Waals surface area (Å²) in [6, 6.07) is 3.25. The maximum atomic E-state index is 12.6. The zero-order valence-electron chi connectivity index (χ0n) is 15.1. The first-order valence-corrected chi connectivity index (χ1v) is 9.25. The molecule has 3 rings (SSSR count). The minimum atomic E-state index is -0.268. The van der Waals surface area contributed by atoms with Crippen LogP contribution in [-0.2, 0) is 0 Å². The predicted molar refractivity (Wildman–Crippen MR) is 101 cm³/mol. The third-order valence-electron chi connectivity index (χ3n) is 4.41. The van der Waals surface area contributed by atoms with E-state index < -0.39 is 0 Å². The van der Waals surface area contributed by atoms with Gasteiger partial charge in [0.25, 0.3) is 5.91 Å². The molecule has 2 heterocycles. The molecule has 0 unspecified atom stereocenters. The lowest BCUT2D eigenvalue weighted by Gasteiger charge is -2.20. The van der Waals surface area contributed by atoms with Crippen molar-refractivity contribution in [2.24, 2.45) is 0 Å². The normalized spacial score (nSPS) is 14.7. The van der Waals surface area contributed by atoms with Crippen LogP contribution in [0.2, 0.25) is 0 Å². The number of hydrogen-bond donors (Lipinski definition) is 2. The highest BCUT2D eigenvalue weighted by molar-refractivity contribution is 7.15. The Kier molecular flexibility index (Phi) is 5.95. The van der Waals surface area contributed by atoms with Gasteiger partial charge in [-0.3, -0.25) is 10.1 Å². The summed E-state index contributed by atoms with van der Waals surface area (Å²) < 4.78 is 15.9. The maximum Gasteiger partial charge on any atom is 0.257 e. The van der Waals surface area contributed by atoms with Gasteiger partial charge in [0.2, 0.25) is 5.75 Å². The molecular weight excluding hydrogens is 354 g/mol. The van der Waals surface area contributed by atoms with Gasteiger partial charge in [0.05, 0.1) is 21.3 Å². The largest absolute Gasteiger partial charge is 0.493 e. The average molecular weight is 377 g/mol. The fourth-order valence-electron chi connectivity index (χ4n) is 3.02. The van der Waals surface area contributed by atoms with Crippen LogP contribution in [0.25, 0.3) is 0 Å². The van der Waals surface area contributed by atoms with Crippen molar-refractivity contribution in [3.05, 3.63) is 28.8 Å². The lowest BCUT2D eigenvalue weighted by molar-refractivity contribution is 0.102. The fourth-order valence-corrected chi connectivity index (χ4v) is 4.00. The van der Waals surface area contributed by atoms with Gasteiger partial charge in [-0.1, -0.05) is 0 Å². The molecule has 2 N–H and O–H groups in total. The van der Waals surface area contributed by atoms with Crippen molar-refractivity contribution in [3.8, 4) is 17.2 Å². The van der Waals surface area contributed by atoms with Crippen molar-refractivity contribution < 1.29 is 19.0 Å². The molecule has 1 aromatic carbocycles. The number of hydrogen-bond acceptors (Lipinski definition) is 7. The second kappa shape index (κ2) is 8.37. The third-order valence-corrected chi connectivity index (χ3v) is 5.49. The molecule has 0 bridgehead atoms. The number of ether oxygens (including phenoxy) is 3. The van der Waals surface area contributed by atoms with Crippen LogP contribution in [0.3, 0.4) is 0 Å². The van der Waals surface area contributed by atoms with Crippen LogP contribution in [0.1, 0.15) is 34.0 Å². The molecule has 0 saturated carbocycles. The van der Waals surface area contributed by atoms with Crippen LogP contribution in [0.15, 0.2) is 18.3 Å². The number of carbonyl (C=O) groups is 1. The summed E-state index contributed by atoms with van der Waals surface area (Å²) in [5, 5.41) is 6.81. The number of aromatic nitrogens is 1. The molecule has 1 fully saturated rings. The van der Waals surface area contributed by atoms with Crippen LogP contribution < -0.4 is 24.8 Å². The summed E-state index contributed by atoms with van der Waals surface area (Å²) in [6.07, 6.45) is 4.07. The highest BCUT2D eigenvalue weighted by Gasteiger charge is 2.20. The Bertz CT molecular complexity index is 747. The second-order valence-electron chi connectivity index (χ2n) is 5.96. The molecule has 1 aliphatic rings. The summed E-state index contributed by atoms with van der Waals surface area (Å²) in [6.45, 7) is 2.05. The van der Waals surface area contributed by atoms with Gasteiger partial charge in [0, 0.05) is 16.6 Å². The Morgan fingerprint density at radius 1 is 1.15 bits per heavy atom. The van der Waals surface area contributed by atoms with Crippen LogP contribution in [-0.4, -0.2) is 45.3 Å². The van der Waals surface area contributed by atoms with E-state index >= 15 is 0 Å². The molecule has 0 atom stereocenters. The molecule has 1 saturated heterocycles. The van der Waals surface area contributed by atoms with Gasteiger partial charge in [0.15, 0.2) is 16.6 Å². The first-order valence-electron chi connectivity index (χ1n) is 8.44. The second-order valence-corrected chi connectivity index (χ2v) is 7.02. The molecule has 140 valence electrons. The van der Waals surface area contributed by atoms with E-state index in [1.165, 1.54) is 37.5 Å². The number of thiazole rings is 1. The molecule has 1 amide bonds. The summed E-state index contributed by atoms with van der Waals surface area (Å²) in [5.41, 5.74) is 0.415. The van der Waals surface area contributed by atoms with Crippen LogP contribution in [0, 0.1) is 0 Å². The van der Waals surface area contributed by atoms with E-state index in [9.17, 15) is 4.79 Å². The molecule has 8 heteroatoms. The van der Waals surface area contributed by atoms with E-state index in [2.05, 4.69) is 15.6 Å². The molecule has 26 heavy (non-hydrogen) atoms. The monoisotopic (exact) mass is 377 g/mol. The van der Waals surface area contributed by atoms with Crippen molar-refractivity contribution in [1.29, 1.82) is 0 Å². The number of amides is 1. The maximum absolute atomic E-state index is 12.6. The van der Waals surface area contributed by atoms with E-state index in [1.54, 1.807) is 12.1 Å². The Labute approximate surface area is 156 Å². The number of benzene rings is 1. The third kappa shape index (κ3) is 3.91. The van der Waals surface area contributed by atoms with Crippen LogP contribution in [0.5, 0.6) is 17.2 Å². The molecule has 1 aromatic heterocycles. The number of nitrogens with one attached hydrogen (secondary N) is 2. The van der Waals surface area contributed by atoms with Crippen molar-refractivity contribution in [1.82, 2.24) is 10.3 Å². The van der Waals surface area contributed by atoms with Gasteiger partial charge in [0.1, 0.15) is 0 Å². The molecule has 1 aliphatic heterocycles. The van der Waals surface area contributed by atoms with E-state index in [0.29, 0.717) is 33.9 Å². The summed E-state index contributed by atoms with van der Waals surface area (Å²) in [5.74, 6) is 1.57. The smallest absolute Gasteiger partial charge is 0.257 e. The number of piperidine rings is 1. The van der Waals surface area contributed by atoms with Crippen molar-refractivity contribution in [2.45, 2.75) is 18.8 Å². The average Bonchev–Trinajstić information content (AvgIpc) is 3.15. The highest BCUT2D eigenvalue weighted by atomic mass is 32.1. The van der Waals surface area contributed by atoms with E-state index in [1.807, 2.05) is 6.20 Å². The summed E-state index contributed by atoms with van der Waals surface area (Å²) >= 11 is 1.53. The van der Waals surface area contributed by atoms with Crippen molar-refractivity contribution >= 4 is 22.4 Å². The molecule has 0 spiro atoms. The quantitative estimate of drug-likeness (QED) is 0.806. The molecule has 2 aromatic rings. The van der Waals surface area contributed by atoms with Crippen molar-refractivity contribution in [3.63, 3.8) is 0 Å². The lowest BCUT2D eigenvalue weighted by Crippen LogP contribution is -2.26. The Morgan fingerprint density at radius 2 is 1.81 bits per heavy atom. The number of anilines is 1. The van der Waals surface area contributed by atoms with E-state index in [0.717, 1.165) is 25.9 Å². The summed E-state index contributed by atoms with van der Waals surface area (Å²) in [4.78, 5) is 18.2. The number of nitrogens with zero attached hydrogens (tertiary/aromatic N) is 1. The van der Waals surface area contributed by atoms with Gasteiger partial charge in [-0.05, 0) is 44.0 Å². The van der Waals surface area contributed by atoms with Gasteiger partial charge in [-0.2, -0.15) is 0 Å². The highest BCUT2D eigenvalue weighted by Crippen LogP contribution is 2.38. The lowest BCUT2D eigenvalue weighted by atomic mass is 9.97. The first kappa shape index (κ1) is 18.5. The number of rotatable bonds is 6. The Hall–Kier alpha value is -2.32. The van der Waals surface area contributed by atoms with Gasteiger partial charge >= 0.3 is 0 Å². The molecule has 0 radical (unpaired) electrons.